The minimum atomic E-state index is -0.198. The quantitative estimate of drug-likeness (QED) is 0.633. The fourth-order valence-corrected chi connectivity index (χ4v) is 3.68. The first-order chi connectivity index (χ1) is 11.6. The molecule has 6 nitrogen and oxygen atoms in total. The molecular weight excluding hydrogens is 306 g/mol. The van der Waals surface area contributed by atoms with Crippen LogP contribution in [0.5, 0.6) is 5.75 Å². The average Bonchev–Trinajstić information content (AvgIpc) is 2.99. The fraction of sp³-hybridized carbons (Fsp3) is 0.500. The van der Waals surface area contributed by atoms with E-state index in [-0.39, 0.29) is 24.1 Å². The Morgan fingerprint density at radius 1 is 1.33 bits per heavy atom. The zero-order valence-corrected chi connectivity index (χ0v) is 13.8. The summed E-state index contributed by atoms with van der Waals surface area (Å²) >= 11 is 0. The van der Waals surface area contributed by atoms with E-state index in [1.807, 2.05) is 6.92 Å². The molecule has 2 heterocycles. The highest BCUT2D eigenvalue weighted by molar-refractivity contribution is 6.02. The van der Waals surface area contributed by atoms with E-state index < -0.39 is 0 Å². The third-order valence-corrected chi connectivity index (χ3v) is 5.29. The van der Waals surface area contributed by atoms with Crippen LogP contribution in [0.15, 0.2) is 17.2 Å². The predicted molar refractivity (Wildman–Crippen MR) is 89.2 cm³/mol. The summed E-state index contributed by atoms with van der Waals surface area (Å²) in [5, 5.41) is 5.40. The van der Waals surface area contributed by atoms with Crippen LogP contribution in [0.1, 0.15) is 58.4 Å². The van der Waals surface area contributed by atoms with Gasteiger partial charge in [-0.1, -0.05) is 0 Å². The van der Waals surface area contributed by atoms with Gasteiger partial charge in [-0.25, -0.2) is 5.01 Å². The van der Waals surface area contributed by atoms with Gasteiger partial charge in [0, 0.05) is 25.2 Å². The number of amides is 2. The first kappa shape index (κ1) is 15.2. The molecule has 1 atom stereocenters. The van der Waals surface area contributed by atoms with Crippen molar-refractivity contribution in [2.45, 2.75) is 51.3 Å². The number of fused-ring (bicyclic) bond motifs is 2. The van der Waals surface area contributed by atoms with Crippen LogP contribution in [0.3, 0.4) is 0 Å². The lowest BCUT2D eigenvalue weighted by Crippen LogP contribution is -2.43. The Hall–Kier alpha value is -2.37. The van der Waals surface area contributed by atoms with Gasteiger partial charge >= 0.3 is 0 Å². The van der Waals surface area contributed by atoms with Crippen molar-refractivity contribution in [2.75, 3.05) is 6.54 Å². The lowest BCUT2D eigenvalue weighted by molar-refractivity contribution is 0.0291. The van der Waals surface area contributed by atoms with E-state index in [2.05, 4.69) is 11.8 Å². The SMILES string of the molecule is C=NN(C(=O)c1cc2c(cc1C)C(=O)N1CCCC1O2)C1CCC1. The summed E-state index contributed by atoms with van der Waals surface area (Å²) < 4.78 is 5.97. The van der Waals surface area contributed by atoms with Crippen LogP contribution in [0.4, 0.5) is 0 Å². The molecule has 1 saturated heterocycles. The second-order valence-electron chi connectivity index (χ2n) is 6.75. The largest absolute Gasteiger partial charge is 0.470 e. The number of carbonyl (C=O) groups is 2. The molecule has 2 fully saturated rings. The number of carbonyl (C=O) groups excluding carboxylic acids is 2. The van der Waals surface area contributed by atoms with Crippen LogP contribution >= 0.6 is 0 Å². The zero-order chi connectivity index (χ0) is 16.8. The van der Waals surface area contributed by atoms with Crippen molar-refractivity contribution in [3.8, 4) is 5.75 Å². The number of nitrogens with zero attached hydrogens (tertiary/aromatic N) is 3. The summed E-state index contributed by atoms with van der Waals surface area (Å²) in [4.78, 5) is 27.2. The Kier molecular flexibility index (Phi) is 3.55. The van der Waals surface area contributed by atoms with Crippen molar-refractivity contribution in [1.82, 2.24) is 9.91 Å². The maximum absolute atomic E-state index is 12.9. The highest BCUT2D eigenvalue weighted by Crippen LogP contribution is 2.35. The van der Waals surface area contributed by atoms with Crippen molar-refractivity contribution in [1.29, 1.82) is 0 Å². The topological polar surface area (TPSA) is 62.2 Å². The molecule has 3 aliphatic rings. The second kappa shape index (κ2) is 5.61. The van der Waals surface area contributed by atoms with Crippen molar-refractivity contribution in [3.05, 3.63) is 28.8 Å². The summed E-state index contributed by atoms with van der Waals surface area (Å²) in [6, 6.07) is 3.61. The van der Waals surface area contributed by atoms with Gasteiger partial charge in [-0.05, 0) is 50.3 Å². The van der Waals surface area contributed by atoms with Gasteiger partial charge < -0.3 is 9.64 Å². The Balaban J connectivity index is 1.69. The first-order valence-corrected chi connectivity index (χ1v) is 8.52. The van der Waals surface area contributed by atoms with Gasteiger partial charge in [0.05, 0.1) is 11.6 Å². The minimum Gasteiger partial charge on any atom is -0.470 e. The number of benzene rings is 1. The number of hydrogen-bond donors (Lipinski definition) is 0. The molecule has 2 amide bonds. The molecule has 1 aromatic rings. The highest BCUT2D eigenvalue weighted by Gasteiger charge is 2.38. The molecule has 0 aromatic heterocycles. The van der Waals surface area contributed by atoms with Crippen LogP contribution in [0.25, 0.3) is 0 Å². The van der Waals surface area contributed by atoms with Crippen LogP contribution in [0, 0.1) is 6.92 Å². The summed E-state index contributed by atoms with van der Waals surface area (Å²) in [5.74, 6) is 0.341. The number of hydrogen-bond acceptors (Lipinski definition) is 4. The lowest BCUT2D eigenvalue weighted by Gasteiger charge is -2.35. The van der Waals surface area contributed by atoms with Crippen LogP contribution < -0.4 is 4.74 Å². The molecule has 24 heavy (non-hydrogen) atoms. The minimum absolute atomic E-state index is 0.00135. The van der Waals surface area contributed by atoms with E-state index in [0.29, 0.717) is 16.9 Å². The van der Waals surface area contributed by atoms with Gasteiger partial charge in [0.15, 0.2) is 6.23 Å². The van der Waals surface area contributed by atoms with E-state index in [0.717, 1.165) is 44.2 Å². The Bertz CT molecular complexity index is 726. The van der Waals surface area contributed by atoms with Crippen LogP contribution in [-0.4, -0.2) is 47.3 Å². The molecule has 1 aromatic carbocycles. The van der Waals surface area contributed by atoms with E-state index in [1.54, 1.807) is 17.0 Å². The average molecular weight is 327 g/mol. The molecule has 0 N–H and O–H groups in total. The molecule has 1 saturated carbocycles. The number of hydrazone groups is 1. The van der Waals surface area contributed by atoms with E-state index in [1.165, 1.54) is 5.01 Å². The van der Waals surface area contributed by atoms with Gasteiger partial charge in [0.25, 0.3) is 11.8 Å². The molecule has 126 valence electrons. The number of rotatable bonds is 3. The van der Waals surface area contributed by atoms with Crippen molar-refractivity contribution < 1.29 is 14.3 Å². The fourth-order valence-electron chi connectivity index (χ4n) is 3.68. The Morgan fingerprint density at radius 2 is 2.12 bits per heavy atom. The first-order valence-electron chi connectivity index (χ1n) is 8.52. The van der Waals surface area contributed by atoms with Gasteiger partial charge in [-0.2, -0.15) is 5.10 Å². The summed E-state index contributed by atoms with van der Waals surface area (Å²) in [7, 11) is 0. The third-order valence-electron chi connectivity index (χ3n) is 5.29. The van der Waals surface area contributed by atoms with E-state index in [4.69, 9.17) is 4.74 Å². The van der Waals surface area contributed by atoms with Crippen molar-refractivity contribution in [3.63, 3.8) is 0 Å². The Morgan fingerprint density at radius 3 is 2.79 bits per heavy atom. The molecular formula is C18H21N3O3. The van der Waals surface area contributed by atoms with Crippen LogP contribution in [0.2, 0.25) is 0 Å². The van der Waals surface area contributed by atoms with Gasteiger partial charge in [0.1, 0.15) is 5.75 Å². The molecule has 0 radical (unpaired) electrons. The molecule has 4 rings (SSSR count). The van der Waals surface area contributed by atoms with Crippen molar-refractivity contribution in [2.24, 2.45) is 5.10 Å². The summed E-state index contributed by atoms with van der Waals surface area (Å²) in [5.41, 5.74) is 1.84. The van der Waals surface area contributed by atoms with Gasteiger partial charge in [-0.3, -0.25) is 9.59 Å². The normalized spacial score (nSPS) is 22.3. The molecule has 1 aliphatic carbocycles. The number of aryl methyl sites for hydroxylation is 1. The summed E-state index contributed by atoms with van der Waals surface area (Å²) in [6.07, 6.45) is 4.62. The lowest BCUT2D eigenvalue weighted by atomic mass is 9.91. The second-order valence-corrected chi connectivity index (χ2v) is 6.75. The summed E-state index contributed by atoms with van der Waals surface area (Å²) in [6.45, 7) is 6.13. The van der Waals surface area contributed by atoms with Crippen LogP contribution in [-0.2, 0) is 0 Å². The third kappa shape index (κ3) is 2.20. The number of ether oxygens (including phenoxy) is 1. The molecule has 2 aliphatic heterocycles. The predicted octanol–water partition coefficient (Wildman–Crippen LogP) is 2.56. The highest BCUT2D eigenvalue weighted by atomic mass is 16.5. The Labute approximate surface area is 141 Å². The maximum Gasteiger partial charge on any atom is 0.274 e. The standard InChI is InChI=1S/C18H21N3O3/c1-11-9-14-15(24-16-7-4-8-20(16)17(14)22)10-13(11)18(23)21(19-2)12-5-3-6-12/h9-10,12,16H,2-8H2,1H3. The van der Waals surface area contributed by atoms with Crippen molar-refractivity contribution >= 4 is 18.5 Å². The smallest absolute Gasteiger partial charge is 0.274 e. The zero-order valence-electron chi connectivity index (χ0n) is 13.8. The van der Waals surface area contributed by atoms with Gasteiger partial charge in [-0.15, -0.1) is 0 Å². The van der Waals surface area contributed by atoms with Gasteiger partial charge in [0.2, 0.25) is 0 Å². The molecule has 0 spiro atoms. The molecule has 0 bridgehead atoms. The van der Waals surface area contributed by atoms with E-state index >= 15 is 0 Å². The monoisotopic (exact) mass is 327 g/mol. The molecule has 1 unspecified atom stereocenters. The molecule has 6 heteroatoms. The van der Waals surface area contributed by atoms with E-state index in [9.17, 15) is 9.59 Å². The maximum atomic E-state index is 12.9.